The lowest BCUT2D eigenvalue weighted by atomic mass is 10.2. The molecule has 3 aromatic rings. The van der Waals surface area contributed by atoms with Gasteiger partial charge in [0.2, 0.25) is 5.91 Å². The van der Waals surface area contributed by atoms with Crippen molar-refractivity contribution < 1.29 is 18.8 Å². The van der Waals surface area contributed by atoms with Crippen LogP contribution in [-0.4, -0.2) is 37.5 Å². The molecule has 2 heterocycles. The zero-order valence-corrected chi connectivity index (χ0v) is 16.1. The standard InChI is InChI=1S/C17H16ClFN6O4/c1-10(24-9-14(25(27)28)17(22-24)29-2)16(26)20-15-5-6-23(21-15)8-11-3-4-12(19)7-13(11)18/h3-7,9-10H,8H2,1-2H3,(H,20,21,26). The lowest BCUT2D eigenvalue weighted by molar-refractivity contribution is -0.385. The molecule has 2 aromatic heterocycles. The Morgan fingerprint density at radius 2 is 2.17 bits per heavy atom. The van der Waals surface area contributed by atoms with Crippen LogP contribution in [0.15, 0.2) is 36.7 Å². The van der Waals surface area contributed by atoms with Gasteiger partial charge in [0.15, 0.2) is 5.82 Å². The lowest BCUT2D eigenvalue weighted by Gasteiger charge is -2.10. The highest BCUT2D eigenvalue weighted by Crippen LogP contribution is 2.26. The van der Waals surface area contributed by atoms with Gasteiger partial charge >= 0.3 is 11.6 Å². The van der Waals surface area contributed by atoms with Crippen molar-refractivity contribution in [1.82, 2.24) is 19.6 Å². The Morgan fingerprint density at radius 1 is 1.41 bits per heavy atom. The fourth-order valence-electron chi connectivity index (χ4n) is 2.53. The molecule has 0 bridgehead atoms. The normalized spacial score (nSPS) is 11.9. The molecule has 1 N–H and O–H groups in total. The molecule has 10 nitrogen and oxygen atoms in total. The summed E-state index contributed by atoms with van der Waals surface area (Å²) in [7, 11) is 1.25. The number of nitrogens with one attached hydrogen (secondary N) is 1. The van der Waals surface area contributed by atoms with Gasteiger partial charge in [-0.25, -0.2) is 9.07 Å². The van der Waals surface area contributed by atoms with Crippen LogP contribution in [0.3, 0.4) is 0 Å². The van der Waals surface area contributed by atoms with Crippen molar-refractivity contribution >= 4 is 29.0 Å². The summed E-state index contributed by atoms with van der Waals surface area (Å²) in [5.41, 5.74) is 0.325. The third-order valence-corrected chi connectivity index (χ3v) is 4.44. The highest BCUT2D eigenvalue weighted by atomic mass is 35.5. The van der Waals surface area contributed by atoms with E-state index in [1.54, 1.807) is 18.3 Å². The predicted octanol–water partition coefficient (Wildman–Crippen LogP) is 3.04. The van der Waals surface area contributed by atoms with E-state index in [0.717, 1.165) is 10.9 Å². The van der Waals surface area contributed by atoms with Gasteiger partial charge in [0.05, 0.1) is 18.6 Å². The summed E-state index contributed by atoms with van der Waals surface area (Å²) in [5, 5.41) is 22.0. The van der Waals surface area contributed by atoms with Crippen LogP contribution in [0.4, 0.5) is 15.9 Å². The first-order valence-corrected chi connectivity index (χ1v) is 8.72. The Bertz CT molecular complexity index is 1070. The number of hydrogen-bond donors (Lipinski definition) is 1. The molecule has 1 atom stereocenters. The second kappa shape index (κ2) is 8.27. The molecule has 0 aliphatic rings. The number of benzene rings is 1. The Morgan fingerprint density at radius 3 is 2.79 bits per heavy atom. The summed E-state index contributed by atoms with van der Waals surface area (Å²) in [6.45, 7) is 1.81. The van der Waals surface area contributed by atoms with Crippen molar-refractivity contribution in [1.29, 1.82) is 0 Å². The number of nitrogens with zero attached hydrogens (tertiary/aromatic N) is 5. The van der Waals surface area contributed by atoms with Gasteiger partial charge in [-0.05, 0) is 24.6 Å². The van der Waals surface area contributed by atoms with E-state index < -0.39 is 22.7 Å². The van der Waals surface area contributed by atoms with Crippen molar-refractivity contribution in [2.24, 2.45) is 0 Å². The first-order valence-electron chi connectivity index (χ1n) is 8.34. The highest BCUT2D eigenvalue weighted by molar-refractivity contribution is 6.31. The quantitative estimate of drug-likeness (QED) is 0.462. The third-order valence-electron chi connectivity index (χ3n) is 4.09. The Kier molecular flexibility index (Phi) is 5.78. The molecule has 1 aromatic carbocycles. The van der Waals surface area contributed by atoms with E-state index in [-0.39, 0.29) is 29.0 Å². The smallest absolute Gasteiger partial charge is 0.350 e. The van der Waals surface area contributed by atoms with E-state index >= 15 is 0 Å². The molecule has 0 aliphatic carbocycles. The molecular formula is C17H16ClFN6O4. The molecule has 3 rings (SSSR count). The number of amides is 1. The maximum absolute atomic E-state index is 13.1. The van der Waals surface area contributed by atoms with Crippen LogP contribution in [0.5, 0.6) is 5.88 Å². The monoisotopic (exact) mass is 422 g/mol. The molecule has 0 aliphatic heterocycles. The summed E-state index contributed by atoms with van der Waals surface area (Å²) in [6.07, 6.45) is 2.75. The van der Waals surface area contributed by atoms with Crippen LogP contribution in [0.1, 0.15) is 18.5 Å². The van der Waals surface area contributed by atoms with Crippen LogP contribution in [0.25, 0.3) is 0 Å². The molecule has 12 heteroatoms. The van der Waals surface area contributed by atoms with E-state index in [4.69, 9.17) is 16.3 Å². The Labute approximate surface area is 169 Å². The van der Waals surface area contributed by atoms with Gasteiger partial charge in [0.25, 0.3) is 0 Å². The number of methoxy groups -OCH3 is 1. The molecule has 1 unspecified atom stereocenters. The summed E-state index contributed by atoms with van der Waals surface area (Å²) in [5.74, 6) is -0.824. The summed E-state index contributed by atoms with van der Waals surface area (Å²) >= 11 is 6.01. The van der Waals surface area contributed by atoms with E-state index in [0.29, 0.717) is 5.56 Å². The largest absolute Gasteiger partial charge is 0.475 e. The number of ether oxygens (including phenoxy) is 1. The van der Waals surface area contributed by atoms with E-state index in [2.05, 4.69) is 15.5 Å². The Balaban J connectivity index is 1.69. The lowest BCUT2D eigenvalue weighted by Crippen LogP contribution is -2.24. The minimum Gasteiger partial charge on any atom is -0.475 e. The van der Waals surface area contributed by atoms with Gasteiger partial charge in [-0.1, -0.05) is 17.7 Å². The number of rotatable bonds is 7. The van der Waals surface area contributed by atoms with Crippen LogP contribution >= 0.6 is 11.6 Å². The maximum atomic E-state index is 13.1. The van der Waals surface area contributed by atoms with Gasteiger partial charge < -0.3 is 10.1 Å². The zero-order valence-electron chi connectivity index (χ0n) is 15.4. The van der Waals surface area contributed by atoms with Crippen molar-refractivity contribution in [3.8, 4) is 5.88 Å². The average Bonchev–Trinajstić information content (AvgIpc) is 3.30. The minimum absolute atomic E-state index is 0.185. The predicted molar refractivity (Wildman–Crippen MR) is 102 cm³/mol. The van der Waals surface area contributed by atoms with Gasteiger partial charge in [0, 0.05) is 17.3 Å². The first kappa shape index (κ1) is 20.3. The van der Waals surface area contributed by atoms with Crippen molar-refractivity contribution in [2.75, 3.05) is 12.4 Å². The molecule has 0 radical (unpaired) electrons. The van der Waals surface area contributed by atoms with Gasteiger partial charge in [-0.2, -0.15) is 5.10 Å². The topological polar surface area (TPSA) is 117 Å². The van der Waals surface area contributed by atoms with Crippen molar-refractivity contribution in [3.63, 3.8) is 0 Å². The summed E-state index contributed by atoms with van der Waals surface area (Å²) in [4.78, 5) is 22.8. The molecule has 0 fully saturated rings. The molecule has 1 amide bonds. The number of aromatic nitrogens is 4. The van der Waals surface area contributed by atoms with Crippen LogP contribution < -0.4 is 10.1 Å². The van der Waals surface area contributed by atoms with E-state index in [1.807, 2.05) is 0 Å². The van der Waals surface area contributed by atoms with Crippen LogP contribution in [0, 0.1) is 15.9 Å². The Hall–Kier alpha value is -3.47. The average molecular weight is 423 g/mol. The van der Waals surface area contributed by atoms with Crippen LogP contribution in [-0.2, 0) is 11.3 Å². The van der Waals surface area contributed by atoms with Gasteiger partial charge in [-0.15, -0.1) is 5.10 Å². The summed E-state index contributed by atoms with van der Waals surface area (Å²) in [6, 6.07) is 4.79. The number of hydrogen-bond acceptors (Lipinski definition) is 6. The molecule has 0 saturated carbocycles. The fraction of sp³-hybridized carbons (Fsp3) is 0.235. The number of carbonyl (C=O) groups excluding carboxylic acids is 1. The number of nitro groups is 1. The SMILES string of the molecule is COc1nn(C(C)C(=O)Nc2ccn(Cc3ccc(F)cc3Cl)n2)cc1[N+](=O)[O-]. The van der Waals surface area contributed by atoms with E-state index in [1.165, 1.54) is 30.8 Å². The van der Waals surface area contributed by atoms with Crippen molar-refractivity contribution in [3.05, 3.63) is 63.2 Å². The zero-order chi connectivity index (χ0) is 21.1. The van der Waals surface area contributed by atoms with Crippen LogP contribution in [0.2, 0.25) is 5.02 Å². The minimum atomic E-state index is -0.853. The van der Waals surface area contributed by atoms with Gasteiger partial charge in [0.1, 0.15) is 18.1 Å². The highest BCUT2D eigenvalue weighted by Gasteiger charge is 2.25. The van der Waals surface area contributed by atoms with E-state index in [9.17, 15) is 19.3 Å². The number of halogens is 2. The fourth-order valence-corrected chi connectivity index (χ4v) is 2.75. The second-order valence-electron chi connectivity index (χ2n) is 6.06. The molecule has 29 heavy (non-hydrogen) atoms. The molecule has 0 saturated heterocycles. The van der Waals surface area contributed by atoms with Gasteiger partial charge in [-0.3, -0.25) is 19.6 Å². The number of carbonyl (C=O) groups is 1. The molecule has 0 spiro atoms. The maximum Gasteiger partial charge on any atom is 0.350 e. The first-order chi connectivity index (χ1) is 13.8. The van der Waals surface area contributed by atoms with Crippen molar-refractivity contribution in [2.45, 2.75) is 19.5 Å². The third kappa shape index (κ3) is 4.51. The molecular weight excluding hydrogens is 407 g/mol. The number of anilines is 1. The summed E-state index contributed by atoms with van der Waals surface area (Å²) < 4.78 is 20.7. The second-order valence-corrected chi connectivity index (χ2v) is 6.47. The molecule has 152 valence electrons.